The number of benzene rings is 1. The van der Waals surface area contributed by atoms with Crippen LogP contribution < -0.4 is 5.56 Å². The smallest absolute Gasteiger partial charge is 0.266 e. The molecule has 0 fully saturated rings. The number of hydrogen-bond acceptors (Lipinski definition) is 4. The third kappa shape index (κ3) is 3.08. The van der Waals surface area contributed by atoms with E-state index in [9.17, 15) is 14.9 Å². The lowest BCUT2D eigenvalue weighted by molar-refractivity contribution is -0.385. The summed E-state index contributed by atoms with van der Waals surface area (Å²) >= 11 is 12.1. The van der Waals surface area contributed by atoms with Crippen molar-refractivity contribution in [2.75, 3.05) is 0 Å². The van der Waals surface area contributed by atoms with E-state index in [0.29, 0.717) is 19.5 Å². The zero-order valence-corrected chi connectivity index (χ0v) is 13.6. The maximum atomic E-state index is 12.0. The molecular weight excluding hydrogens is 417 g/mol. The maximum Gasteiger partial charge on any atom is 0.282 e. The predicted octanol–water partition coefficient (Wildman–Crippen LogP) is 3.38. The van der Waals surface area contributed by atoms with Crippen molar-refractivity contribution < 1.29 is 4.92 Å². The lowest BCUT2D eigenvalue weighted by atomic mass is 10.2. The standard InChI is InChI=1S/C11H6Br2ClN3O3/c12-8-4-15-16(11(18)10(8)13)5-6-3-7(14)1-2-9(6)17(19)20/h1-4H,5H2. The highest BCUT2D eigenvalue weighted by molar-refractivity contribution is 9.13. The Morgan fingerprint density at radius 1 is 1.40 bits per heavy atom. The molecule has 0 saturated heterocycles. The summed E-state index contributed by atoms with van der Waals surface area (Å²) in [6.45, 7) is -0.0401. The highest BCUT2D eigenvalue weighted by Crippen LogP contribution is 2.23. The molecule has 9 heteroatoms. The molecule has 1 heterocycles. The quantitative estimate of drug-likeness (QED) is 0.560. The molecule has 0 aliphatic heterocycles. The van der Waals surface area contributed by atoms with Gasteiger partial charge in [-0.25, -0.2) is 4.68 Å². The van der Waals surface area contributed by atoms with Crippen LogP contribution in [0, 0.1) is 10.1 Å². The first kappa shape index (κ1) is 15.1. The predicted molar refractivity (Wildman–Crippen MR) is 81.1 cm³/mol. The second kappa shape index (κ2) is 6.02. The van der Waals surface area contributed by atoms with E-state index in [1.165, 1.54) is 24.4 Å². The van der Waals surface area contributed by atoms with E-state index in [4.69, 9.17) is 11.6 Å². The van der Waals surface area contributed by atoms with Crippen molar-refractivity contribution >= 4 is 49.1 Å². The Bertz CT molecular complexity index is 748. The molecule has 0 aliphatic carbocycles. The van der Waals surface area contributed by atoms with Gasteiger partial charge in [0.25, 0.3) is 11.2 Å². The van der Waals surface area contributed by atoms with Gasteiger partial charge < -0.3 is 0 Å². The zero-order valence-electron chi connectivity index (χ0n) is 9.72. The lowest BCUT2D eigenvalue weighted by Gasteiger charge is -2.07. The van der Waals surface area contributed by atoms with Crippen molar-refractivity contribution in [3.05, 3.63) is 64.4 Å². The van der Waals surface area contributed by atoms with Gasteiger partial charge in [-0.15, -0.1) is 0 Å². The molecule has 0 amide bonds. The Morgan fingerprint density at radius 2 is 2.10 bits per heavy atom. The number of nitro groups is 1. The topological polar surface area (TPSA) is 78.0 Å². The Hall–Kier alpha value is -1.25. The molecule has 104 valence electrons. The Kier molecular flexibility index (Phi) is 4.56. The molecule has 1 aromatic carbocycles. The second-order valence-corrected chi connectivity index (χ2v) is 5.88. The Labute approximate surface area is 134 Å². The Balaban J connectivity index is 2.50. The Morgan fingerprint density at radius 3 is 2.75 bits per heavy atom. The van der Waals surface area contributed by atoms with Gasteiger partial charge in [-0.3, -0.25) is 14.9 Å². The van der Waals surface area contributed by atoms with E-state index >= 15 is 0 Å². The van der Waals surface area contributed by atoms with Crippen LogP contribution in [0.2, 0.25) is 5.02 Å². The van der Waals surface area contributed by atoms with Gasteiger partial charge in [0.05, 0.1) is 27.7 Å². The van der Waals surface area contributed by atoms with Gasteiger partial charge in [0.2, 0.25) is 0 Å². The number of hydrogen-bond donors (Lipinski definition) is 0. The number of halogens is 3. The molecule has 1 aromatic heterocycles. The highest BCUT2D eigenvalue weighted by atomic mass is 79.9. The first-order chi connectivity index (χ1) is 9.40. The van der Waals surface area contributed by atoms with Gasteiger partial charge in [-0.2, -0.15) is 5.10 Å². The minimum atomic E-state index is -0.523. The van der Waals surface area contributed by atoms with Gasteiger partial charge >= 0.3 is 0 Å². The third-order valence-corrected chi connectivity index (χ3v) is 4.64. The first-order valence-corrected chi connectivity index (χ1v) is 7.20. The van der Waals surface area contributed by atoms with Crippen LogP contribution in [0.5, 0.6) is 0 Å². The average Bonchev–Trinajstić information content (AvgIpc) is 2.39. The zero-order chi connectivity index (χ0) is 14.9. The van der Waals surface area contributed by atoms with Crippen LogP contribution in [-0.4, -0.2) is 14.7 Å². The molecule has 0 bridgehead atoms. The number of rotatable bonds is 3. The fraction of sp³-hybridized carbons (Fsp3) is 0.0909. The molecule has 0 aliphatic rings. The van der Waals surface area contributed by atoms with E-state index in [1.807, 2.05) is 0 Å². The third-order valence-electron chi connectivity index (χ3n) is 2.50. The summed E-state index contributed by atoms with van der Waals surface area (Å²) in [5, 5.41) is 15.2. The van der Waals surface area contributed by atoms with Crippen molar-refractivity contribution in [1.82, 2.24) is 9.78 Å². The molecule has 0 N–H and O–H groups in total. The monoisotopic (exact) mass is 421 g/mol. The van der Waals surface area contributed by atoms with Crippen molar-refractivity contribution in [3.8, 4) is 0 Å². The van der Waals surface area contributed by atoms with Crippen LogP contribution in [-0.2, 0) is 6.54 Å². The molecule has 0 radical (unpaired) electrons. The molecule has 0 atom stereocenters. The molecule has 0 spiro atoms. The lowest BCUT2D eigenvalue weighted by Crippen LogP contribution is -2.24. The molecule has 2 rings (SSSR count). The van der Waals surface area contributed by atoms with Crippen LogP contribution >= 0.6 is 43.5 Å². The minimum Gasteiger partial charge on any atom is -0.266 e. The summed E-state index contributed by atoms with van der Waals surface area (Å²) in [6, 6.07) is 4.18. The second-order valence-electron chi connectivity index (χ2n) is 3.80. The molecule has 20 heavy (non-hydrogen) atoms. The molecule has 6 nitrogen and oxygen atoms in total. The summed E-state index contributed by atoms with van der Waals surface area (Å²) in [6.07, 6.45) is 1.43. The highest BCUT2D eigenvalue weighted by Gasteiger charge is 2.16. The van der Waals surface area contributed by atoms with Crippen LogP contribution in [0.1, 0.15) is 5.56 Å². The molecule has 0 unspecified atom stereocenters. The van der Waals surface area contributed by atoms with Crippen molar-refractivity contribution in [2.24, 2.45) is 0 Å². The summed E-state index contributed by atoms with van der Waals surface area (Å²) in [4.78, 5) is 22.4. The van der Waals surface area contributed by atoms with E-state index in [1.54, 1.807) is 0 Å². The maximum absolute atomic E-state index is 12.0. The molecule has 2 aromatic rings. The summed E-state index contributed by atoms with van der Waals surface area (Å²) in [5.41, 5.74) is -0.192. The van der Waals surface area contributed by atoms with E-state index in [0.717, 1.165) is 4.68 Å². The van der Waals surface area contributed by atoms with Crippen LogP contribution in [0.3, 0.4) is 0 Å². The van der Waals surface area contributed by atoms with Crippen LogP contribution in [0.15, 0.2) is 38.1 Å². The van der Waals surface area contributed by atoms with Crippen molar-refractivity contribution in [1.29, 1.82) is 0 Å². The molecular formula is C11H6Br2ClN3O3. The average molecular weight is 423 g/mol. The SMILES string of the molecule is O=c1c(Br)c(Br)cnn1Cc1cc(Cl)ccc1[N+](=O)[O-]. The van der Waals surface area contributed by atoms with Gasteiger partial charge in [0.15, 0.2) is 0 Å². The van der Waals surface area contributed by atoms with Gasteiger partial charge in [-0.1, -0.05) is 11.6 Å². The summed E-state index contributed by atoms with van der Waals surface area (Å²) in [7, 11) is 0. The fourth-order valence-corrected chi connectivity index (χ4v) is 2.34. The van der Waals surface area contributed by atoms with Gasteiger partial charge in [0, 0.05) is 11.1 Å². The fourth-order valence-electron chi connectivity index (χ4n) is 1.58. The van der Waals surface area contributed by atoms with Crippen LogP contribution in [0.4, 0.5) is 5.69 Å². The van der Waals surface area contributed by atoms with E-state index in [-0.39, 0.29) is 12.2 Å². The first-order valence-electron chi connectivity index (χ1n) is 5.24. The molecule has 0 saturated carbocycles. The van der Waals surface area contributed by atoms with Crippen molar-refractivity contribution in [3.63, 3.8) is 0 Å². The largest absolute Gasteiger partial charge is 0.282 e. The summed E-state index contributed by atoms with van der Waals surface area (Å²) in [5.74, 6) is 0. The normalized spacial score (nSPS) is 10.6. The minimum absolute atomic E-state index is 0.0401. The van der Waals surface area contributed by atoms with Crippen molar-refractivity contribution in [2.45, 2.75) is 6.54 Å². The van der Waals surface area contributed by atoms with E-state index < -0.39 is 10.5 Å². The van der Waals surface area contributed by atoms with E-state index in [2.05, 4.69) is 37.0 Å². The number of aromatic nitrogens is 2. The van der Waals surface area contributed by atoms with Crippen LogP contribution in [0.25, 0.3) is 0 Å². The number of nitrogens with zero attached hydrogens (tertiary/aromatic N) is 3. The van der Waals surface area contributed by atoms with Gasteiger partial charge in [0.1, 0.15) is 4.47 Å². The summed E-state index contributed by atoms with van der Waals surface area (Å²) < 4.78 is 1.93. The number of nitro benzene ring substituents is 1. The van der Waals surface area contributed by atoms with Gasteiger partial charge in [-0.05, 0) is 44.0 Å².